The van der Waals surface area contributed by atoms with Gasteiger partial charge in [-0.2, -0.15) is 0 Å². The van der Waals surface area contributed by atoms with Crippen LogP contribution in [0.25, 0.3) is 0 Å². The van der Waals surface area contributed by atoms with Gasteiger partial charge in [-0.15, -0.1) is 0 Å². The van der Waals surface area contributed by atoms with Crippen LogP contribution in [0, 0.1) is 17.3 Å². The highest BCUT2D eigenvalue weighted by molar-refractivity contribution is 5.78. The molecule has 0 spiro atoms. The van der Waals surface area contributed by atoms with Gasteiger partial charge in [-0.1, -0.05) is 58.3 Å². The molecule has 0 aliphatic heterocycles. The first-order chi connectivity index (χ1) is 10.4. The third kappa shape index (κ3) is 4.99. The van der Waals surface area contributed by atoms with E-state index in [1.165, 1.54) is 32.1 Å². The van der Waals surface area contributed by atoms with Crippen LogP contribution < -0.4 is 0 Å². The molecule has 3 atom stereocenters. The van der Waals surface area contributed by atoms with E-state index in [1.807, 2.05) is 0 Å². The molecule has 0 heterocycles. The van der Waals surface area contributed by atoms with E-state index in [2.05, 4.69) is 6.92 Å². The molecule has 0 aromatic heterocycles. The van der Waals surface area contributed by atoms with Crippen molar-refractivity contribution in [1.29, 1.82) is 0 Å². The Labute approximate surface area is 134 Å². The number of hydrogen-bond donors (Lipinski definition) is 2. The molecule has 1 saturated carbocycles. The summed E-state index contributed by atoms with van der Waals surface area (Å²) in [6.07, 6.45) is 10.9. The minimum absolute atomic E-state index is 0.230. The minimum Gasteiger partial charge on any atom is -0.481 e. The Bertz CT molecular complexity index is 366. The molecular weight excluding hydrogens is 280 g/mol. The van der Waals surface area contributed by atoms with Gasteiger partial charge < -0.3 is 10.2 Å². The maximum absolute atomic E-state index is 11.7. The third-order valence-electron chi connectivity index (χ3n) is 5.44. The van der Waals surface area contributed by atoms with E-state index in [-0.39, 0.29) is 5.92 Å². The van der Waals surface area contributed by atoms with Crippen LogP contribution in [0.2, 0.25) is 0 Å². The largest absolute Gasteiger partial charge is 0.481 e. The van der Waals surface area contributed by atoms with E-state index >= 15 is 0 Å². The molecule has 4 nitrogen and oxygen atoms in total. The molecule has 0 aromatic carbocycles. The molecule has 1 rings (SSSR count). The van der Waals surface area contributed by atoms with E-state index in [9.17, 15) is 19.8 Å². The summed E-state index contributed by atoms with van der Waals surface area (Å²) in [5.74, 6) is -2.37. The van der Waals surface area contributed by atoms with Crippen molar-refractivity contribution in [3.05, 3.63) is 0 Å². The molecule has 0 aromatic rings. The number of carboxylic acids is 2. The van der Waals surface area contributed by atoms with Crippen molar-refractivity contribution in [2.45, 2.75) is 84.5 Å². The topological polar surface area (TPSA) is 74.6 Å². The van der Waals surface area contributed by atoms with Crippen LogP contribution in [0.1, 0.15) is 84.5 Å². The van der Waals surface area contributed by atoms with Crippen LogP contribution in [0.4, 0.5) is 0 Å². The second-order valence-electron chi connectivity index (χ2n) is 7.08. The van der Waals surface area contributed by atoms with E-state index in [1.54, 1.807) is 6.92 Å². The molecule has 3 unspecified atom stereocenters. The lowest BCUT2D eigenvalue weighted by Gasteiger charge is -2.41. The van der Waals surface area contributed by atoms with E-state index in [0.717, 1.165) is 19.3 Å². The summed E-state index contributed by atoms with van der Waals surface area (Å²) >= 11 is 0. The van der Waals surface area contributed by atoms with Crippen molar-refractivity contribution in [1.82, 2.24) is 0 Å². The first-order valence-electron chi connectivity index (χ1n) is 8.89. The van der Waals surface area contributed by atoms with Crippen molar-refractivity contribution in [3.8, 4) is 0 Å². The second kappa shape index (κ2) is 9.16. The van der Waals surface area contributed by atoms with E-state index < -0.39 is 23.3 Å². The monoisotopic (exact) mass is 312 g/mol. The van der Waals surface area contributed by atoms with Gasteiger partial charge >= 0.3 is 11.9 Å². The van der Waals surface area contributed by atoms with Crippen LogP contribution >= 0.6 is 0 Å². The Hall–Kier alpha value is -1.06. The fraction of sp³-hybridized carbons (Fsp3) is 0.889. The van der Waals surface area contributed by atoms with Gasteiger partial charge in [0.15, 0.2) is 0 Å². The van der Waals surface area contributed by atoms with Gasteiger partial charge in [-0.25, -0.2) is 0 Å². The lowest BCUT2D eigenvalue weighted by Crippen LogP contribution is -2.45. The molecule has 0 bridgehead atoms. The lowest BCUT2D eigenvalue weighted by molar-refractivity contribution is -0.161. The molecule has 128 valence electrons. The molecule has 1 aliphatic rings. The Morgan fingerprint density at radius 3 is 2.18 bits per heavy atom. The molecule has 0 amide bonds. The zero-order valence-electron chi connectivity index (χ0n) is 14.1. The molecule has 0 saturated heterocycles. The normalized spacial score (nSPS) is 28.5. The molecule has 4 heteroatoms. The Morgan fingerprint density at radius 1 is 1.05 bits per heavy atom. The van der Waals surface area contributed by atoms with Gasteiger partial charge in [0.2, 0.25) is 0 Å². The highest BCUT2D eigenvalue weighted by Crippen LogP contribution is 2.47. The fourth-order valence-corrected chi connectivity index (χ4v) is 3.92. The Morgan fingerprint density at radius 2 is 1.64 bits per heavy atom. The van der Waals surface area contributed by atoms with Crippen LogP contribution in [-0.2, 0) is 9.59 Å². The molecule has 22 heavy (non-hydrogen) atoms. The average molecular weight is 312 g/mol. The van der Waals surface area contributed by atoms with Gasteiger partial charge in [0.25, 0.3) is 0 Å². The maximum Gasteiger partial charge on any atom is 0.309 e. The quantitative estimate of drug-likeness (QED) is 0.572. The van der Waals surface area contributed by atoms with Crippen molar-refractivity contribution >= 4 is 11.9 Å². The smallest absolute Gasteiger partial charge is 0.309 e. The van der Waals surface area contributed by atoms with Crippen molar-refractivity contribution in [2.75, 3.05) is 0 Å². The summed E-state index contributed by atoms with van der Waals surface area (Å²) in [4.78, 5) is 23.2. The fourth-order valence-electron chi connectivity index (χ4n) is 3.92. The number of carbonyl (C=O) groups is 2. The number of carboxylic acid groups (broad SMARTS) is 2. The Balaban J connectivity index is 2.52. The number of unbranched alkanes of at least 4 members (excludes halogenated alkanes) is 6. The van der Waals surface area contributed by atoms with E-state index in [0.29, 0.717) is 19.3 Å². The van der Waals surface area contributed by atoms with Gasteiger partial charge in [0.1, 0.15) is 0 Å². The van der Waals surface area contributed by atoms with Gasteiger partial charge in [-0.3, -0.25) is 9.59 Å². The molecule has 1 fully saturated rings. The summed E-state index contributed by atoms with van der Waals surface area (Å²) in [7, 11) is 0. The van der Waals surface area contributed by atoms with Crippen molar-refractivity contribution in [2.24, 2.45) is 17.3 Å². The summed E-state index contributed by atoms with van der Waals surface area (Å²) in [5, 5.41) is 19.0. The Kier molecular flexibility index (Phi) is 7.91. The molecular formula is C18H32O4. The average Bonchev–Trinajstić information content (AvgIpc) is 2.47. The number of hydrogen-bond acceptors (Lipinski definition) is 2. The summed E-state index contributed by atoms with van der Waals surface area (Å²) < 4.78 is 0. The predicted octanol–water partition coefficient (Wildman–Crippen LogP) is 4.72. The second-order valence-corrected chi connectivity index (χ2v) is 7.08. The zero-order chi connectivity index (χ0) is 16.6. The SMILES string of the molecule is CCCCCCCCCC1C(C(=O)O)CCCC1(C)C(=O)O. The minimum atomic E-state index is -0.872. The first kappa shape index (κ1) is 19.0. The number of rotatable bonds is 10. The van der Waals surface area contributed by atoms with Crippen LogP contribution in [0.5, 0.6) is 0 Å². The molecule has 2 N–H and O–H groups in total. The summed E-state index contributed by atoms with van der Waals surface area (Å²) in [6, 6.07) is 0. The standard InChI is InChI=1S/C18H32O4/c1-3-4-5-6-7-8-9-12-15-14(16(19)20)11-10-13-18(15,2)17(21)22/h14-15H,3-13H2,1-2H3,(H,19,20)(H,21,22). The maximum atomic E-state index is 11.7. The van der Waals surface area contributed by atoms with Gasteiger partial charge in [0.05, 0.1) is 11.3 Å². The van der Waals surface area contributed by atoms with Crippen LogP contribution in [-0.4, -0.2) is 22.2 Å². The van der Waals surface area contributed by atoms with E-state index in [4.69, 9.17) is 0 Å². The molecule has 1 aliphatic carbocycles. The summed E-state index contributed by atoms with van der Waals surface area (Å²) in [6.45, 7) is 3.94. The van der Waals surface area contributed by atoms with Crippen LogP contribution in [0.15, 0.2) is 0 Å². The first-order valence-corrected chi connectivity index (χ1v) is 8.89. The summed E-state index contributed by atoms with van der Waals surface area (Å²) in [5.41, 5.74) is -0.872. The van der Waals surface area contributed by atoms with Crippen LogP contribution in [0.3, 0.4) is 0 Å². The highest BCUT2D eigenvalue weighted by Gasteiger charge is 2.49. The molecule has 0 radical (unpaired) electrons. The van der Waals surface area contributed by atoms with Crippen molar-refractivity contribution < 1.29 is 19.8 Å². The highest BCUT2D eigenvalue weighted by atomic mass is 16.4. The van der Waals surface area contributed by atoms with Gasteiger partial charge in [-0.05, 0) is 32.1 Å². The predicted molar refractivity (Wildman–Crippen MR) is 86.8 cm³/mol. The third-order valence-corrected chi connectivity index (χ3v) is 5.44. The van der Waals surface area contributed by atoms with Gasteiger partial charge in [0, 0.05) is 0 Å². The lowest BCUT2D eigenvalue weighted by atomic mass is 9.61. The zero-order valence-corrected chi connectivity index (χ0v) is 14.1. The number of aliphatic carboxylic acids is 2. The van der Waals surface area contributed by atoms with Crippen molar-refractivity contribution in [3.63, 3.8) is 0 Å².